The van der Waals surface area contributed by atoms with Gasteiger partial charge in [0.1, 0.15) is 5.75 Å². The summed E-state index contributed by atoms with van der Waals surface area (Å²) < 4.78 is 12.5. The molecular formula is C21H23ClN2O4S. The molecule has 0 radical (unpaired) electrons. The van der Waals surface area contributed by atoms with Gasteiger partial charge < -0.3 is 14.6 Å². The summed E-state index contributed by atoms with van der Waals surface area (Å²) in [5.41, 5.74) is 3.36. The number of ether oxygens (including phenoxy) is 2. The second kappa shape index (κ2) is 10.3. The molecule has 0 aliphatic carbocycles. The van der Waals surface area contributed by atoms with Crippen LogP contribution in [0.15, 0.2) is 54.6 Å². The minimum atomic E-state index is -1.01. The lowest BCUT2D eigenvalue weighted by molar-refractivity contribution is -0.149. The zero-order chi connectivity index (χ0) is 20.1. The minimum absolute atomic E-state index is 0. The fraction of sp³-hybridized carbons (Fsp3) is 0.238. The molecule has 0 aliphatic rings. The highest BCUT2D eigenvalue weighted by atomic mass is 35.5. The van der Waals surface area contributed by atoms with Crippen molar-refractivity contribution in [2.45, 2.75) is 26.2 Å². The van der Waals surface area contributed by atoms with E-state index < -0.39 is 12.1 Å². The quantitative estimate of drug-likeness (QED) is 0.570. The highest BCUT2D eigenvalue weighted by molar-refractivity contribution is 7.59. The monoisotopic (exact) mass is 434 g/mol. The van der Waals surface area contributed by atoms with E-state index in [2.05, 4.69) is 5.10 Å². The van der Waals surface area contributed by atoms with Crippen LogP contribution in [0.1, 0.15) is 18.2 Å². The molecule has 3 aromatic rings. The Bertz CT molecular complexity index is 977. The SMILES string of the molecule is COc1cccc(-c2cc(CO[C@@H](C)C(=O)O)nn2Cc2ccccc2Cl)c1.S. The molecule has 0 saturated carbocycles. The van der Waals surface area contributed by atoms with Gasteiger partial charge in [0.2, 0.25) is 0 Å². The highest BCUT2D eigenvalue weighted by Crippen LogP contribution is 2.27. The van der Waals surface area contributed by atoms with Crippen molar-refractivity contribution >= 4 is 31.1 Å². The van der Waals surface area contributed by atoms with Gasteiger partial charge in [-0.05, 0) is 36.8 Å². The van der Waals surface area contributed by atoms with Crippen LogP contribution in [0.4, 0.5) is 0 Å². The van der Waals surface area contributed by atoms with E-state index in [0.29, 0.717) is 17.3 Å². The fourth-order valence-corrected chi connectivity index (χ4v) is 2.94. The summed E-state index contributed by atoms with van der Waals surface area (Å²) in [6.45, 7) is 2.06. The highest BCUT2D eigenvalue weighted by Gasteiger charge is 2.16. The Morgan fingerprint density at radius 2 is 1.97 bits per heavy atom. The summed E-state index contributed by atoms with van der Waals surface area (Å²) in [6.07, 6.45) is -0.908. The van der Waals surface area contributed by atoms with Gasteiger partial charge in [-0.3, -0.25) is 4.68 Å². The second-order valence-corrected chi connectivity index (χ2v) is 6.70. The normalized spacial score (nSPS) is 11.6. The number of hydrogen-bond acceptors (Lipinski definition) is 4. The molecule has 6 nitrogen and oxygen atoms in total. The van der Waals surface area contributed by atoms with Gasteiger partial charge in [-0.25, -0.2) is 4.79 Å². The number of carboxylic acid groups (broad SMARTS) is 1. The molecule has 1 atom stereocenters. The lowest BCUT2D eigenvalue weighted by Gasteiger charge is -2.10. The van der Waals surface area contributed by atoms with Gasteiger partial charge in [0.25, 0.3) is 0 Å². The minimum Gasteiger partial charge on any atom is -0.497 e. The summed E-state index contributed by atoms with van der Waals surface area (Å²) in [5, 5.41) is 14.3. The molecule has 0 bridgehead atoms. The number of aromatic nitrogens is 2. The Morgan fingerprint density at radius 3 is 2.66 bits per heavy atom. The van der Waals surface area contributed by atoms with Crippen LogP contribution < -0.4 is 4.74 Å². The Kier molecular flexibility index (Phi) is 8.13. The largest absolute Gasteiger partial charge is 0.497 e. The lowest BCUT2D eigenvalue weighted by atomic mass is 10.1. The molecule has 1 aromatic heterocycles. The van der Waals surface area contributed by atoms with E-state index in [-0.39, 0.29) is 20.1 Å². The number of nitrogens with zero attached hydrogens (tertiary/aromatic N) is 2. The maximum Gasteiger partial charge on any atom is 0.332 e. The summed E-state index contributed by atoms with van der Waals surface area (Å²) >= 11 is 6.31. The molecular weight excluding hydrogens is 412 g/mol. The zero-order valence-corrected chi connectivity index (χ0v) is 17.9. The van der Waals surface area contributed by atoms with E-state index in [1.807, 2.05) is 59.3 Å². The van der Waals surface area contributed by atoms with Crippen LogP contribution in [0.3, 0.4) is 0 Å². The van der Waals surface area contributed by atoms with Gasteiger partial charge in [0, 0.05) is 10.6 Å². The average molecular weight is 435 g/mol. The molecule has 2 aromatic carbocycles. The standard InChI is InChI=1S/C21H21ClN2O4.H2S/c1-14(21(25)26)28-13-17-11-20(15-7-5-8-18(10-15)27-2)24(23-17)12-16-6-3-4-9-19(16)22;/h3-11,14H,12-13H2,1-2H3,(H,25,26);1H2/t14-;/m0./s1. The number of aliphatic carboxylic acids is 1. The molecule has 0 fully saturated rings. The lowest BCUT2D eigenvalue weighted by Crippen LogP contribution is -2.19. The van der Waals surface area contributed by atoms with Crippen LogP contribution in [0.25, 0.3) is 11.3 Å². The van der Waals surface area contributed by atoms with E-state index in [9.17, 15) is 4.79 Å². The van der Waals surface area contributed by atoms with Crippen LogP contribution in [-0.4, -0.2) is 34.1 Å². The summed E-state index contributed by atoms with van der Waals surface area (Å²) in [7, 11) is 1.62. The summed E-state index contributed by atoms with van der Waals surface area (Å²) in [6, 6.07) is 17.1. The maximum atomic E-state index is 11.0. The first-order valence-electron chi connectivity index (χ1n) is 8.77. The van der Waals surface area contributed by atoms with Gasteiger partial charge in [-0.2, -0.15) is 18.6 Å². The van der Waals surface area contributed by atoms with Gasteiger partial charge >= 0.3 is 5.97 Å². The van der Waals surface area contributed by atoms with Gasteiger partial charge in [-0.1, -0.05) is 41.9 Å². The number of carbonyl (C=O) groups is 1. The van der Waals surface area contributed by atoms with E-state index in [0.717, 1.165) is 22.6 Å². The van der Waals surface area contributed by atoms with Gasteiger partial charge in [0.15, 0.2) is 6.10 Å². The zero-order valence-electron chi connectivity index (χ0n) is 16.1. The first-order chi connectivity index (χ1) is 13.5. The molecule has 3 rings (SSSR count). The predicted octanol–water partition coefficient (Wildman–Crippen LogP) is 4.36. The number of halogens is 1. The van der Waals surface area contributed by atoms with Crippen molar-refractivity contribution in [3.8, 4) is 17.0 Å². The van der Waals surface area contributed by atoms with E-state index in [1.165, 1.54) is 6.92 Å². The Labute approximate surface area is 181 Å². The van der Waals surface area contributed by atoms with Crippen LogP contribution in [-0.2, 0) is 22.7 Å². The average Bonchev–Trinajstić information content (AvgIpc) is 3.10. The third-order valence-corrected chi connectivity index (χ3v) is 4.67. The molecule has 1 N–H and O–H groups in total. The van der Waals surface area contributed by atoms with Crippen molar-refractivity contribution in [3.05, 3.63) is 70.9 Å². The predicted molar refractivity (Wildman–Crippen MR) is 117 cm³/mol. The third-order valence-electron chi connectivity index (χ3n) is 4.30. The van der Waals surface area contributed by atoms with E-state index in [1.54, 1.807) is 7.11 Å². The third kappa shape index (κ3) is 5.76. The van der Waals surface area contributed by atoms with Crippen molar-refractivity contribution in [1.82, 2.24) is 9.78 Å². The summed E-state index contributed by atoms with van der Waals surface area (Å²) in [5.74, 6) is -0.274. The van der Waals surface area contributed by atoms with Crippen molar-refractivity contribution < 1.29 is 19.4 Å². The first-order valence-corrected chi connectivity index (χ1v) is 9.14. The van der Waals surface area contributed by atoms with Crippen molar-refractivity contribution in [3.63, 3.8) is 0 Å². The smallest absolute Gasteiger partial charge is 0.332 e. The van der Waals surface area contributed by atoms with E-state index >= 15 is 0 Å². The Morgan fingerprint density at radius 1 is 1.21 bits per heavy atom. The van der Waals surface area contributed by atoms with Crippen LogP contribution in [0.2, 0.25) is 5.02 Å². The van der Waals surface area contributed by atoms with Crippen LogP contribution in [0.5, 0.6) is 5.75 Å². The second-order valence-electron chi connectivity index (χ2n) is 6.29. The van der Waals surface area contributed by atoms with Crippen LogP contribution >= 0.6 is 25.1 Å². The molecule has 8 heteroatoms. The molecule has 1 heterocycles. The first kappa shape index (κ1) is 22.8. The van der Waals surface area contributed by atoms with Crippen molar-refractivity contribution in [2.75, 3.05) is 7.11 Å². The number of carboxylic acids is 1. The molecule has 0 spiro atoms. The number of rotatable bonds is 8. The molecule has 29 heavy (non-hydrogen) atoms. The fourth-order valence-electron chi connectivity index (χ4n) is 2.75. The number of methoxy groups -OCH3 is 1. The Balaban J connectivity index is 0.00000300. The maximum absolute atomic E-state index is 11.0. The summed E-state index contributed by atoms with van der Waals surface area (Å²) in [4.78, 5) is 11.0. The molecule has 0 aliphatic heterocycles. The van der Waals surface area contributed by atoms with Gasteiger partial charge in [0.05, 0.1) is 31.6 Å². The van der Waals surface area contributed by atoms with Gasteiger partial charge in [-0.15, -0.1) is 0 Å². The molecule has 0 saturated heterocycles. The number of benzene rings is 2. The molecule has 0 amide bonds. The van der Waals surface area contributed by atoms with Crippen molar-refractivity contribution in [1.29, 1.82) is 0 Å². The molecule has 154 valence electrons. The van der Waals surface area contributed by atoms with Crippen LogP contribution in [0, 0.1) is 0 Å². The number of hydrogen-bond donors (Lipinski definition) is 1. The molecule has 0 unspecified atom stereocenters. The topological polar surface area (TPSA) is 73.6 Å². The Hall–Kier alpha value is -2.48. The van der Waals surface area contributed by atoms with E-state index in [4.69, 9.17) is 26.2 Å². The van der Waals surface area contributed by atoms with Crippen molar-refractivity contribution in [2.24, 2.45) is 0 Å².